The predicted octanol–water partition coefficient (Wildman–Crippen LogP) is 4.44. The van der Waals surface area contributed by atoms with E-state index in [1.54, 1.807) is 17.9 Å². The zero-order valence-corrected chi connectivity index (χ0v) is 18.6. The predicted molar refractivity (Wildman–Crippen MR) is 112 cm³/mol. The molecule has 1 saturated heterocycles. The van der Waals surface area contributed by atoms with Gasteiger partial charge in [-0.3, -0.25) is 9.48 Å². The van der Waals surface area contributed by atoms with Crippen LogP contribution in [0, 0.1) is 13.8 Å². The summed E-state index contributed by atoms with van der Waals surface area (Å²) in [7, 11) is 0. The van der Waals surface area contributed by atoms with Gasteiger partial charge in [-0.2, -0.15) is 23.4 Å². The van der Waals surface area contributed by atoms with Gasteiger partial charge in [0.15, 0.2) is 5.65 Å². The summed E-state index contributed by atoms with van der Waals surface area (Å²) in [5.41, 5.74) is 1.99. The number of halogens is 3. The molecule has 3 aromatic heterocycles. The van der Waals surface area contributed by atoms with Gasteiger partial charge in [0.05, 0.1) is 23.5 Å². The highest BCUT2D eigenvalue weighted by Gasteiger charge is 2.37. The quantitative estimate of drug-likeness (QED) is 0.579. The van der Waals surface area contributed by atoms with Crippen molar-refractivity contribution in [3.05, 3.63) is 46.7 Å². The zero-order valence-electron chi connectivity index (χ0n) is 18.6. The Kier molecular flexibility index (Phi) is 5.72. The molecule has 4 rings (SSSR count). The van der Waals surface area contributed by atoms with E-state index in [2.05, 4.69) is 15.2 Å². The van der Waals surface area contributed by atoms with Crippen LogP contribution in [0.15, 0.2) is 18.2 Å². The van der Waals surface area contributed by atoms with E-state index in [1.807, 2.05) is 31.5 Å². The number of hydrogen-bond donors (Lipinski definition) is 0. The number of aryl methyl sites for hydroxylation is 3. The monoisotopic (exact) mass is 448 g/mol. The number of carbonyl (C=O) groups excluding carboxylic acids is 1. The maximum atomic E-state index is 13.6. The molecule has 2 atom stereocenters. The van der Waals surface area contributed by atoms with Gasteiger partial charge in [0.2, 0.25) is 5.91 Å². The van der Waals surface area contributed by atoms with E-state index in [4.69, 9.17) is 0 Å². The highest BCUT2D eigenvalue weighted by Crippen LogP contribution is 2.35. The second-order valence-electron chi connectivity index (χ2n) is 8.49. The Labute approximate surface area is 184 Å². The summed E-state index contributed by atoms with van der Waals surface area (Å²) in [5, 5.41) is 8.71. The van der Waals surface area contributed by atoms with E-state index in [0.717, 1.165) is 28.4 Å². The van der Waals surface area contributed by atoms with Crippen LogP contribution in [0.3, 0.4) is 0 Å². The number of rotatable bonds is 5. The van der Waals surface area contributed by atoms with Crippen LogP contribution >= 0.6 is 0 Å². The summed E-state index contributed by atoms with van der Waals surface area (Å²) < 4.78 is 43.5. The van der Waals surface area contributed by atoms with E-state index >= 15 is 0 Å². The molecule has 7 nitrogen and oxygen atoms in total. The van der Waals surface area contributed by atoms with Gasteiger partial charge in [0.1, 0.15) is 5.69 Å². The lowest BCUT2D eigenvalue weighted by Gasteiger charge is -2.25. The number of carbonyl (C=O) groups is 1. The number of fused-ring (bicyclic) bond motifs is 1. The van der Waals surface area contributed by atoms with E-state index in [-0.39, 0.29) is 30.1 Å². The number of aromatic nitrogens is 5. The average Bonchev–Trinajstić information content (AvgIpc) is 3.43. The fourth-order valence-corrected chi connectivity index (χ4v) is 4.51. The van der Waals surface area contributed by atoms with Crippen LogP contribution < -0.4 is 0 Å². The number of alkyl halides is 3. The van der Waals surface area contributed by atoms with Crippen molar-refractivity contribution in [2.75, 3.05) is 6.54 Å². The molecule has 0 saturated carbocycles. The van der Waals surface area contributed by atoms with Crippen LogP contribution in [-0.4, -0.2) is 41.7 Å². The van der Waals surface area contributed by atoms with Crippen LogP contribution in [-0.2, 0) is 17.4 Å². The molecular weight excluding hydrogens is 421 g/mol. The zero-order chi connectivity index (χ0) is 23.2. The normalized spacial score (nSPS) is 18.0. The van der Waals surface area contributed by atoms with Crippen molar-refractivity contribution in [3.8, 4) is 0 Å². The van der Waals surface area contributed by atoms with Crippen LogP contribution in [0.4, 0.5) is 13.2 Å². The van der Waals surface area contributed by atoms with Gasteiger partial charge in [-0.05, 0) is 52.2 Å². The lowest BCUT2D eigenvalue weighted by molar-refractivity contribution is -0.142. The third-order valence-electron chi connectivity index (χ3n) is 6.00. The summed E-state index contributed by atoms with van der Waals surface area (Å²) in [6.45, 7) is 8.12. The minimum absolute atomic E-state index is 0.0529. The third-order valence-corrected chi connectivity index (χ3v) is 6.00. The second-order valence-corrected chi connectivity index (χ2v) is 8.49. The highest BCUT2D eigenvalue weighted by atomic mass is 19.4. The number of amides is 1. The Hall–Kier alpha value is -2.91. The van der Waals surface area contributed by atoms with Crippen molar-refractivity contribution in [1.29, 1.82) is 0 Å². The Morgan fingerprint density at radius 3 is 2.59 bits per heavy atom. The number of nitrogens with zero attached hydrogens (tertiary/aromatic N) is 6. The molecule has 1 aliphatic rings. The van der Waals surface area contributed by atoms with Crippen LogP contribution in [0.5, 0.6) is 0 Å². The van der Waals surface area contributed by atoms with Crippen molar-refractivity contribution < 1.29 is 18.0 Å². The van der Waals surface area contributed by atoms with Gasteiger partial charge in [-0.15, -0.1) is 0 Å². The molecule has 0 aliphatic carbocycles. The van der Waals surface area contributed by atoms with E-state index < -0.39 is 11.9 Å². The first-order valence-corrected chi connectivity index (χ1v) is 10.9. The van der Waals surface area contributed by atoms with Crippen LogP contribution in [0.2, 0.25) is 0 Å². The molecule has 4 heterocycles. The summed E-state index contributed by atoms with van der Waals surface area (Å²) in [4.78, 5) is 19.2. The van der Waals surface area contributed by atoms with Crippen molar-refractivity contribution >= 4 is 11.6 Å². The first-order valence-electron chi connectivity index (χ1n) is 10.9. The molecule has 10 heteroatoms. The topological polar surface area (TPSA) is 68.3 Å². The highest BCUT2D eigenvalue weighted by molar-refractivity contribution is 5.77. The fraction of sp³-hybridized carbons (Fsp3) is 0.545. The Bertz CT molecular complexity index is 1150. The molecule has 1 amide bonds. The molecule has 0 bridgehead atoms. The van der Waals surface area contributed by atoms with Crippen molar-refractivity contribution in [2.24, 2.45) is 0 Å². The summed E-state index contributed by atoms with van der Waals surface area (Å²) in [6, 6.07) is 4.10. The molecular formula is C22H27F3N6O. The molecule has 172 valence electrons. The minimum Gasteiger partial charge on any atom is -0.334 e. The van der Waals surface area contributed by atoms with Gasteiger partial charge in [0.25, 0.3) is 0 Å². The molecule has 0 N–H and O–H groups in total. The SMILES string of the molecule is CCc1cc(C(F)(F)F)n2nc([C@H]3CCCN3C(=O)C[C@H](C)n3nc(C)cc3C)cc2n1. The molecule has 0 aromatic carbocycles. The van der Waals surface area contributed by atoms with Gasteiger partial charge in [-0.1, -0.05) is 6.92 Å². The van der Waals surface area contributed by atoms with Crippen molar-refractivity contribution in [1.82, 2.24) is 29.3 Å². The summed E-state index contributed by atoms with van der Waals surface area (Å²) >= 11 is 0. The maximum absolute atomic E-state index is 13.6. The Balaban J connectivity index is 1.61. The average molecular weight is 448 g/mol. The number of likely N-dealkylation sites (tertiary alicyclic amines) is 1. The summed E-state index contributed by atoms with van der Waals surface area (Å²) in [6.07, 6.45) is -2.46. The van der Waals surface area contributed by atoms with E-state index in [0.29, 0.717) is 30.8 Å². The van der Waals surface area contributed by atoms with Crippen molar-refractivity contribution in [2.45, 2.75) is 71.6 Å². The van der Waals surface area contributed by atoms with E-state index in [1.165, 1.54) is 0 Å². The molecule has 0 unspecified atom stereocenters. The van der Waals surface area contributed by atoms with E-state index in [9.17, 15) is 18.0 Å². The third kappa shape index (κ3) is 4.10. The smallest absolute Gasteiger partial charge is 0.334 e. The van der Waals surface area contributed by atoms with Crippen molar-refractivity contribution in [3.63, 3.8) is 0 Å². The molecule has 32 heavy (non-hydrogen) atoms. The van der Waals surface area contributed by atoms with Crippen LogP contribution in [0.1, 0.15) is 73.7 Å². The molecule has 0 radical (unpaired) electrons. The van der Waals surface area contributed by atoms with Gasteiger partial charge >= 0.3 is 6.18 Å². The largest absolute Gasteiger partial charge is 0.433 e. The molecule has 3 aromatic rings. The van der Waals surface area contributed by atoms with Gasteiger partial charge in [-0.25, -0.2) is 9.50 Å². The Morgan fingerprint density at radius 2 is 1.97 bits per heavy atom. The van der Waals surface area contributed by atoms with Gasteiger partial charge in [0, 0.05) is 30.4 Å². The second kappa shape index (κ2) is 8.22. The first-order chi connectivity index (χ1) is 15.1. The molecule has 1 fully saturated rings. The standard InChI is InChI=1S/C22H27F3N6O/c1-5-16-11-19(22(23,24)25)31-20(26-16)12-17(28-31)18-7-6-8-29(18)21(32)10-15(4)30-14(3)9-13(2)27-30/h9,11-12,15,18H,5-8,10H2,1-4H3/t15-,18+/m0/s1. The van der Waals surface area contributed by atoms with Crippen LogP contribution in [0.25, 0.3) is 5.65 Å². The lowest BCUT2D eigenvalue weighted by Crippen LogP contribution is -2.32. The minimum atomic E-state index is -4.55. The van der Waals surface area contributed by atoms with Gasteiger partial charge < -0.3 is 4.90 Å². The number of hydrogen-bond acceptors (Lipinski definition) is 4. The molecule has 1 aliphatic heterocycles. The maximum Gasteiger partial charge on any atom is 0.433 e. The summed E-state index contributed by atoms with van der Waals surface area (Å²) in [5.74, 6) is -0.0529. The fourth-order valence-electron chi connectivity index (χ4n) is 4.51. The lowest BCUT2D eigenvalue weighted by atomic mass is 10.1. The Morgan fingerprint density at radius 1 is 1.22 bits per heavy atom. The molecule has 0 spiro atoms. The first kappa shape index (κ1) is 22.3.